The third kappa shape index (κ3) is 1.63. The van der Waals surface area contributed by atoms with Gasteiger partial charge in [-0.1, -0.05) is 19.8 Å². The molecular weight excluding hydrogens is 212 g/mol. The summed E-state index contributed by atoms with van der Waals surface area (Å²) in [5, 5.41) is 0. The van der Waals surface area contributed by atoms with E-state index < -0.39 is 0 Å². The van der Waals surface area contributed by atoms with Crippen LogP contribution < -0.4 is 5.73 Å². The zero-order chi connectivity index (χ0) is 11.9. The molecule has 0 radical (unpaired) electrons. The smallest absolute Gasteiger partial charge is 0.177 e. The van der Waals surface area contributed by atoms with Crippen LogP contribution in [-0.4, -0.2) is 21.0 Å². The van der Waals surface area contributed by atoms with Crippen molar-refractivity contribution >= 4 is 11.2 Å². The maximum Gasteiger partial charge on any atom is 0.177 e. The molecule has 0 aromatic carbocycles. The van der Waals surface area contributed by atoms with Crippen LogP contribution in [0.15, 0.2) is 18.3 Å². The topological polar surface area (TPSA) is 67.6 Å². The van der Waals surface area contributed by atoms with E-state index in [1.54, 1.807) is 6.20 Å². The third-order valence-corrected chi connectivity index (χ3v) is 4.08. The summed E-state index contributed by atoms with van der Waals surface area (Å²) in [6, 6.07) is 4.13. The molecule has 2 unspecified atom stereocenters. The van der Waals surface area contributed by atoms with Gasteiger partial charge in [-0.2, -0.15) is 0 Å². The third-order valence-electron chi connectivity index (χ3n) is 4.08. The number of nitrogens with zero attached hydrogens (tertiary/aromatic N) is 2. The number of imidazole rings is 1. The molecule has 90 valence electrons. The molecule has 4 heteroatoms. The van der Waals surface area contributed by atoms with Crippen LogP contribution in [0.25, 0.3) is 11.2 Å². The van der Waals surface area contributed by atoms with Crippen LogP contribution in [0.1, 0.15) is 38.4 Å². The van der Waals surface area contributed by atoms with E-state index in [4.69, 9.17) is 5.73 Å². The summed E-state index contributed by atoms with van der Waals surface area (Å²) in [6.07, 6.45) is 6.43. The Kier molecular flexibility index (Phi) is 2.40. The summed E-state index contributed by atoms with van der Waals surface area (Å²) in [4.78, 5) is 12.3. The van der Waals surface area contributed by atoms with E-state index in [1.165, 1.54) is 12.8 Å². The molecule has 3 N–H and O–H groups in total. The quantitative estimate of drug-likeness (QED) is 0.788. The molecule has 2 aromatic rings. The Bertz CT molecular complexity index is 500. The van der Waals surface area contributed by atoms with Crippen molar-refractivity contribution in [2.75, 3.05) is 0 Å². The Hall–Kier alpha value is -1.42. The molecule has 2 atom stereocenters. The fourth-order valence-electron chi connectivity index (χ4n) is 2.77. The second-order valence-corrected chi connectivity index (χ2v) is 5.23. The largest absolute Gasteiger partial charge is 0.340 e. The Morgan fingerprint density at radius 3 is 3.12 bits per heavy atom. The Balaban J connectivity index is 2.07. The number of nitrogens with two attached hydrogens (primary N) is 1. The first-order valence-corrected chi connectivity index (χ1v) is 6.27. The molecule has 4 nitrogen and oxygen atoms in total. The molecule has 2 aromatic heterocycles. The van der Waals surface area contributed by atoms with Crippen molar-refractivity contribution < 1.29 is 0 Å². The zero-order valence-electron chi connectivity index (χ0n) is 10.1. The average Bonchev–Trinajstić information content (AvgIpc) is 2.77. The fraction of sp³-hybridized carbons (Fsp3) is 0.538. The standard InChI is InChI=1S/C13H18N4/c1-13(7-3-2-6-10(13)14)12-16-9-5-4-8-15-11(9)17-12/h4-5,8,10H,2-3,6-7,14H2,1H3,(H,15,16,17). The van der Waals surface area contributed by atoms with E-state index >= 15 is 0 Å². The minimum Gasteiger partial charge on any atom is -0.340 e. The van der Waals surface area contributed by atoms with Gasteiger partial charge < -0.3 is 10.7 Å². The van der Waals surface area contributed by atoms with Crippen molar-refractivity contribution in [3.63, 3.8) is 0 Å². The molecule has 1 aliphatic carbocycles. The van der Waals surface area contributed by atoms with Crippen LogP contribution >= 0.6 is 0 Å². The molecule has 0 bridgehead atoms. The number of aromatic amines is 1. The number of hydrogen-bond donors (Lipinski definition) is 2. The summed E-state index contributed by atoms with van der Waals surface area (Å²) in [5.41, 5.74) is 8.05. The molecule has 0 aliphatic heterocycles. The van der Waals surface area contributed by atoms with Crippen molar-refractivity contribution in [2.45, 2.75) is 44.1 Å². The number of fused-ring (bicyclic) bond motifs is 1. The average molecular weight is 230 g/mol. The van der Waals surface area contributed by atoms with Crippen molar-refractivity contribution in [1.82, 2.24) is 15.0 Å². The van der Waals surface area contributed by atoms with E-state index in [2.05, 4.69) is 21.9 Å². The van der Waals surface area contributed by atoms with Crippen LogP contribution in [0.4, 0.5) is 0 Å². The van der Waals surface area contributed by atoms with Gasteiger partial charge in [-0.3, -0.25) is 0 Å². The highest BCUT2D eigenvalue weighted by Gasteiger charge is 2.38. The monoisotopic (exact) mass is 230 g/mol. The lowest BCUT2D eigenvalue weighted by atomic mass is 9.71. The van der Waals surface area contributed by atoms with Crippen LogP contribution in [0.2, 0.25) is 0 Å². The SMILES string of the molecule is CC1(c2nc3ncccc3[nH]2)CCCCC1N. The van der Waals surface area contributed by atoms with Gasteiger partial charge in [-0.25, -0.2) is 9.97 Å². The predicted octanol–water partition coefficient (Wildman–Crippen LogP) is 2.12. The van der Waals surface area contributed by atoms with Crippen molar-refractivity contribution in [3.8, 4) is 0 Å². The molecule has 2 heterocycles. The van der Waals surface area contributed by atoms with Crippen LogP contribution in [0, 0.1) is 0 Å². The highest BCUT2D eigenvalue weighted by atomic mass is 15.0. The predicted molar refractivity (Wildman–Crippen MR) is 67.7 cm³/mol. The lowest BCUT2D eigenvalue weighted by molar-refractivity contribution is 0.260. The Labute approximate surface area is 101 Å². The van der Waals surface area contributed by atoms with E-state index in [0.29, 0.717) is 0 Å². The minimum absolute atomic E-state index is 0.0288. The van der Waals surface area contributed by atoms with E-state index in [1.807, 2.05) is 12.1 Å². The first-order valence-electron chi connectivity index (χ1n) is 6.27. The second kappa shape index (κ2) is 3.81. The maximum atomic E-state index is 6.29. The number of pyridine rings is 1. The van der Waals surface area contributed by atoms with E-state index in [-0.39, 0.29) is 11.5 Å². The Morgan fingerprint density at radius 1 is 1.47 bits per heavy atom. The molecule has 3 rings (SSSR count). The highest BCUT2D eigenvalue weighted by Crippen LogP contribution is 2.37. The molecule has 1 aliphatic rings. The first-order chi connectivity index (χ1) is 8.20. The summed E-state index contributed by atoms with van der Waals surface area (Å²) in [7, 11) is 0. The minimum atomic E-state index is -0.0288. The molecule has 0 amide bonds. The number of nitrogens with one attached hydrogen (secondary N) is 1. The molecule has 1 saturated carbocycles. The summed E-state index contributed by atoms with van der Waals surface area (Å²) in [6.45, 7) is 2.22. The number of rotatable bonds is 1. The summed E-state index contributed by atoms with van der Waals surface area (Å²) < 4.78 is 0. The molecule has 1 fully saturated rings. The first kappa shape index (κ1) is 10.7. The maximum absolute atomic E-state index is 6.29. The lowest BCUT2D eigenvalue weighted by Crippen LogP contribution is -2.46. The van der Waals surface area contributed by atoms with Gasteiger partial charge in [0, 0.05) is 17.7 Å². The van der Waals surface area contributed by atoms with Gasteiger partial charge in [-0.15, -0.1) is 0 Å². The normalized spacial score (nSPS) is 29.6. The highest BCUT2D eigenvalue weighted by molar-refractivity contribution is 5.70. The summed E-state index contributed by atoms with van der Waals surface area (Å²) >= 11 is 0. The second-order valence-electron chi connectivity index (χ2n) is 5.23. The van der Waals surface area contributed by atoms with E-state index in [9.17, 15) is 0 Å². The molecule has 0 saturated heterocycles. The van der Waals surface area contributed by atoms with Gasteiger partial charge >= 0.3 is 0 Å². The van der Waals surface area contributed by atoms with Gasteiger partial charge in [0.2, 0.25) is 0 Å². The number of H-pyrrole nitrogens is 1. The number of aromatic nitrogens is 3. The fourth-order valence-corrected chi connectivity index (χ4v) is 2.77. The van der Waals surface area contributed by atoms with Crippen LogP contribution in [0.5, 0.6) is 0 Å². The van der Waals surface area contributed by atoms with Gasteiger partial charge in [-0.05, 0) is 25.0 Å². The van der Waals surface area contributed by atoms with Gasteiger partial charge in [0.25, 0.3) is 0 Å². The van der Waals surface area contributed by atoms with Gasteiger partial charge in [0.15, 0.2) is 5.65 Å². The van der Waals surface area contributed by atoms with Gasteiger partial charge in [0.1, 0.15) is 5.82 Å². The number of hydrogen-bond acceptors (Lipinski definition) is 3. The van der Waals surface area contributed by atoms with Crippen molar-refractivity contribution in [3.05, 3.63) is 24.2 Å². The lowest BCUT2D eigenvalue weighted by Gasteiger charge is -2.37. The molecular formula is C13H18N4. The van der Waals surface area contributed by atoms with Crippen LogP contribution in [-0.2, 0) is 5.41 Å². The molecule has 17 heavy (non-hydrogen) atoms. The summed E-state index contributed by atoms with van der Waals surface area (Å²) in [5.74, 6) is 0.999. The Morgan fingerprint density at radius 2 is 2.35 bits per heavy atom. The van der Waals surface area contributed by atoms with Crippen LogP contribution in [0.3, 0.4) is 0 Å². The molecule has 0 spiro atoms. The van der Waals surface area contributed by atoms with Crippen molar-refractivity contribution in [1.29, 1.82) is 0 Å². The zero-order valence-corrected chi connectivity index (χ0v) is 10.1. The van der Waals surface area contributed by atoms with Crippen molar-refractivity contribution in [2.24, 2.45) is 5.73 Å². The van der Waals surface area contributed by atoms with E-state index in [0.717, 1.165) is 29.8 Å². The van der Waals surface area contributed by atoms with Gasteiger partial charge in [0.05, 0.1) is 5.52 Å².